The summed E-state index contributed by atoms with van der Waals surface area (Å²) in [6.07, 6.45) is 0.177. The highest BCUT2D eigenvalue weighted by Gasteiger charge is 2.17. The molecule has 0 atom stereocenters. The summed E-state index contributed by atoms with van der Waals surface area (Å²) in [6, 6.07) is 4.88. The fraction of sp³-hybridized carbons (Fsp3) is 0.125. The third kappa shape index (κ3) is 2.22. The van der Waals surface area contributed by atoms with Crippen molar-refractivity contribution in [1.82, 2.24) is 0 Å². The van der Waals surface area contributed by atoms with Crippen molar-refractivity contribution in [3.8, 4) is 6.07 Å². The maximum absolute atomic E-state index is 10.5. The molecular weight excluding hydrogens is 271 g/mol. The highest BCUT2D eigenvalue weighted by Crippen LogP contribution is 2.33. The molecule has 0 fully saturated rings. The van der Waals surface area contributed by atoms with E-state index < -0.39 is 4.92 Å². The summed E-state index contributed by atoms with van der Waals surface area (Å²) < 4.78 is 0.292. The molecule has 0 amide bonds. The molecule has 14 heavy (non-hydrogen) atoms. The van der Waals surface area contributed by atoms with Crippen LogP contribution in [0.25, 0.3) is 0 Å². The molecule has 0 heterocycles. The van der Waals surface area contributed by atoms with Gasteiger partial charge in [0.15, 0.2) is 0 Å². The Morgan fingerprint density at radius 1 is 1.64 bits per heavy atom. The molecule has 0 spiro atoms. The van der Waals surface area contributed by atoms with Gasteiger partial charge >= 0.3 is 5.69 Å². The second kappa shape index (κ2) is 4.40. The molecule has 0 bridgehead atoms. The van der Waals surface area contributed by atoms with Crippen molar-refractivity contribution in [3.05, 3.63) is 37.3 Å². The Kier molecular flexibility index (Phi) is 3.44. The lowest BCUT2D eigenvalue weighted by Gasteiger charge is -2.00. The van der Waals surface area contributed by atoms with Gasteiger partial charge < -0.3 is 0 Å². The number of rotatable bonds is 2. The van der Waals surface area contributed by atoms with Crippen LogP contribution >= 0.6 is 27.5 Å². The Hall–Kier alpha value is -1.12. The molecule has 0 aliphatic rings. The van der Waals surface area contributed by atoms with Gasteiger partial charge in [-0.25, -0.2) is 0 Å². The Morgan fingerprint density at radius 3 is 2.71 bits per heavy atom. The van der Waals surface area contributed by atoms with Gasteiger partial charge in [0.2, 0.25) is 0 Å². The molecule has 1 aromatic carbocycles. The van der Waals surface area contributed by atoms with Crippen molar-refractivity contribution in [3.63, 3.8) is 0 Å². The molecule has 72 valence electrons. The summed E-state index contributed by atoms with van der Waals surface area (Å²) in [4.78, 5) is 9.97. The zero-order valence-electron chi connectivity index (χ0n) is 6.83. The van der Waals surface area contributed by atoms with Crippen molar-refractivity contribution in [1.29, 1.82) is 5.26 Å². The van der Waals surface area contributed by atoms with Crippen LogP contribution in [-0.4, -0.2) is 4.92 Å². The first kappa shape index (κ1) is 11.0. The molecule has 0 unspecified atom stereocenters. The van der Waals surface area contributed by atoms with Gasteiger partial charge in [-0.05, 0) is 33.6 Å². The molecule has 0 aliphatic heterocycles. The molecule has 0 aromatic heterocycles. The second-order valence-electron chi connectivity index (χ2n) is 2.50. The Bertz CT molecular complexity index is 405. The first-order valence-corrected chi connectivity index (χ1v) is 4.72. The molecule has 0 saturated heterocycles. The number of hydrogen-bond donors (Lipinski definition) is 0. The average molecular weight is 275 g/mol. The maximum Gasteiger partial charge on any atom is 0.301 e. The molecule has 0 saturated carbocycles. The summed E-state index contributed by atoms with van der Waals surface area (Å²) in [6.45, 7) is 0. The number of nitrogens with zero attached hydrogens (tertiary/aromatic N) is 2. The van der Waals surface area contributed by atoms with E-state index in [-0.39, 0.29) is 17.1 Å². The summed E-state index contributed by atoms with van der Waals surface area (Å²) in [5.74, 6) is 0. The van der Waals surface area contributed by atoms with E-state index in [2.05, 4.69) is 15.9 Å². The molecule has 0 radical (unpaired) electrons. The lowest BCUT2D eigenvalue weighted by molar-refractivity contribution is -0.385. The number of nitro benzene ring substituents is 1. The monoisotopic (exact) mass is 274 g/mol. The lowest BCUT2D eigenvalue weighted by atomic mass is 10.1. The smallest absolute Gasteiger partial charge is 0.258 e. The zero-order valence-corrected chi connectivity index (χ0v) is 9.17. The van der Waals surface area contributed by atoms with E-state index in [0.29, 0.717) is 10.0 Å². The van der Waals surface area contributed by atoms with E-state index in [1.165, 1.54) is 12.1 Å². The molecule has 6 heteroatoms. The van der Waals surface area contributed by atoms with E-state index in [1.807, 2.05) is 6.07 Å². The number of benzene rings is 1. The summed E-state index contributed by atoms with van der Waals surface area (Å²) in [5, 5.41) is 19.0. The van der Waals surface area contributed by atoms with E-state index in [4.69, 9.17) is 16.9 Å². The first-order valence-electron chi connectivity index (χ1n) is 3.55. The minimum atomic E-state index is -0.567. The molecule has 0 N–H and O–H groups in total. The zero-order chi connectivity index (χ0) is 10.7. The maximum atomic E-state index is 10.5. The van der Waals surface area contributed by atoms with Crippen LogP contribution in [0.15, 0.2) is 16.6 Å². The summed E-state index contributed by atoms with van der Waals surface area (Å²) in [5.41, 5.74) is 0.475. The van der Waals surface area contributed by atoms with Gasteiger partial charge in [0, 0.05) is 0 Å². The predicted molar refractivity (Wildman–Crippen MR) is 55.1 cm³/mol. The average Bonchev–Trinajstić information content (AvgIpc) is 2.01. The van der Waals surface area contributed by atoms with Crippen LogP contribution in [0.1, 0.15) is 5.56 Å². The van der Waals surface area contributed by atoms with Crippen molar-refractivity contribution in [2.24, 2.45) is 0 Å². The van der Waals surface area contributed by atoms with Gasteiger partial charge in [-0.2, -0.15) is 5.26 Å². The van der Waals surface area contributed by atoms with Gasteiger partial charge in [0.25, 0.3) is 0 Å². The van der Waals surface area contributed by atoms with Gasteiger partial charge in [0.1, 0.15) is 5.02 Å². The SMILES string of the molecule is N#CCc1cc(Cl)c([N+](=O)[O-])c(Br)c1. The van der Waals surface area contributed by atoms with Crippen molar-refractivity contribution >= 4 is 33.2 Å². The summed E-state index contributed by atoms with van der Waals surface area (Å²) in [7, 11) is 0. The molecule has 1 aromatic rings. The second-order valence-corrected chi connectivity index (χ2v) is 3.76. The fourth-order valence-electron chi connectivity index (χ4n) is 0.986. The number of hydrogen-bond acceptors (Lipinski definition) is 3. The van der Waals surface area contributed by atoms with E-state index >= 15 is 0 Å². The number of halogens is 2. The number of nitro groups is 1. The normalized spacial score (nSPS) is 9.50. The van der Waals surface area contributed by atoms with Gasteiger partial charge in [0.05, 0.1) is 21.9 Å². The van der Waals surface area contributed by atoms with Crippen LogP contribution in [0.5, 0.6) is 0 Å². The van der Waals surface area contributed by atoms with Gasteiger partial charge in [-0.1, -0.05) is 11.6 Å². The van der Waals surface area contributed by atoms with Crippen LogP contribution in [-0.2, 0) is 6.42 Å². The Labute approximate surface area is 93.4 Å². The highest BCUT2D eigenvalue weighted by molar-refractivity contribution is 9.10. The van der Waals surface area contributed by atoms with Gasteiger partial charge in [-0.3, -0.25) is 10.1 Å². The highest BCUT2D eigenvalue weighted by atomic mass is 79.9. The minimum absolute atomic E-state index is 0.0367. The van der Waals surface area contributed by atoms with E-state index in [1.54, 1.807) is 0 Å². The van der Waals surface area contributed by atoms with Crippen LogP contribution in [0.4, 0.5) is 5.69 Å². The predicted octanol–water partition coefficient (Wildman–Crippen LogP) is 3.08. The van der Waals surface area contributed by atoms with Crippen molar-refractivity contribution < 1.29 is 4.92 Å². The van der Waals surface area contributed by atoms with Crippen LogP contribution in [0.2, 0.25) is 5.02 Å². The van der Waals surface area contributed by atoms with Crippen LogP contribution < -0.4 is 0 Å². The Balaban J connectivity index is 3.26. The van der Waals surface area contributed by atoms with Crippen LogP contribution in [0, 0.1) is 21.4 Å². The minimum Gasteiger partial charge on any atom is -0.258 e. The van der Waals surface area contributed by atoms with Crippen molar-refractivity contribution in [2.45, 2.75) is 6.42 Å². The third-order valence-corrected chi connectivity index (χ3v) is 2.44. The standard InChI is InChI=1S/C8H4BrClN2O2/c9-6-3-5(1-2-11)4-7(10)8(6)12(13)14/h3-4H,1H2. The molecule has 1 rings (SSSR count). The Morgan fingerprint density at radius 2 is 2.29 bits per heavy atom. The van der Waals surface area contributed by atoms with E-state index in [9.17, 15) is 10.1 Å². The van der Waals surface area contributed by atoms with Crippen molar-refractivity contribution in [2.75, 3.05) is 0 Å². The lowest BCUT2D eigenvalue weighted by Crippen LogP contribution is -1.92. The third-order valence-electron chi connectivity index (χ3n) is 1.54. The van der Waals surface area contributed by atoms with Crippen LogP contribution in [0.3, 0.4) is 0 Å². The van der Waals surface area contributed by atoms with E-state index in [0.717, 1.165) is 0 Å². The fourth-order valence-corrected chi connectivity index (χ4v) is 2.06. The molecule has 0 aliphatic carbocycles. The first-order chi connectivity index (χ1) is 6.56. The largest absolute Gasteiger partial charge is 0.301 e. The van der Waals surface area contributed by atoms with Gasteiger partial charge in [-0.15, -0.1) is 0 Å². The quantitative estimate of drug-likeness (QED) is 0.615. The summed E-state index contributed by atoms with van der Waals surface area (Å²) >= 11 is 8.72. The topological polar surface area (TPSA) is 66.9 Å². The number of nitriles is 1. The molecular formula is C8H4BrClN2O2. The molecule has 4 nitrogen and oxygen atoms in total.